The predicted molar refractivity (Wildman–Crippen MR) is 101 cm³/mol. The van der Waals surface area contributed by atoms with E-state index in [1.54, 1.807) is 18.2 Å². The molecule has 7 heteroatoms. The van der Waals surface area contributed by atoms with Crippen molar-refractivity contribution in [1.82, 2.24) is 19.5 Å². The first-order valence-corrected chi connectivity index (χ1v) is 9.07. The fourth-order valence-electron chi connectivity index (χ4n) is 3.74. The minimum atomic E-state index is -0.443. The zero-order valence-corrected chi connectivity index (χ0v) is 15.2. The van der Waals surface area contributed by atoms with Crippen molar-refractivity contribution in [2.75, 3.05) is 26.8 Å². The minimum Gasteiger partial charge on any atom is -0.497 e. The van der Waals surface area contributed by atoms with Crippen LogP contribution in [0.25, 0.3) is 16.8 Å². The summed E-state index contributed by atoms with van der Waals surface area (Å²) in [5, 5.41) is 13.7. The summed E-state index contributed by atoms with van der Waals surface area (Å²) < 4.78 is 7.10. The highest BCUT2D eigenvalue weighted by Gasteiger charge is 2.26. The summed E-state index contributed by atoms with van der Waals surface area (Å²) in [6, 6.07) is 9.79. The lowest BCUT2D eigenvalue weighted by molar-refractivity contribution is -0.135. The highest BCUT2D eigenvalue weighted by molar-refractivity contribution is 5.78. The molecular weight excluding hydrogens is 344 g/mol. The Morgan fingerprint density at radius 2 is 2.11 bits per heavy atom. The third-order valence-corrected chi connectivity index (χ3v) is 5.16. The maximum Gasteiger partial charge on any atom is 0.248 e. The predicted octanol–water partition coefficient (Wildman–Crippen LogP) is 2.10. The molecule has 1 atom stereocenters. The topological polar surface area (TPSA) is 80.0 Å². The number of carbonyl (C=O) groups is 1. The molecule has 0 aliphatic carbocycles. The van der Waals surface area contributed by atoms with Gasteiger partial charge in [0.1, 0.15) is 12.4 Å². The van der Waals surface area contributed by atoms with E-state index in [1.165, 1.54) is 0 Å². The van der Waals surface area contributed by atoms with Gasteiger partial charge < -0.3 is 14.7 Å². The molecule has 3 heterocycles. The molecule has 27 heavy (non-hydrogen) atoms. The van der Waals surface area contributed by atoms with Gasteiger partial charge in [-0.25, -0.2) is 9.50 Å². The van der Waals surface area contributed by atoms with Gasteiger partial charge in [0.2, 0.25) is 5.91 Å². The van der Waals surface area contributed by atoms with Crippen molar-refractivity contribution in [1.29, 1.82) is 0 Å². The molecule has 1 unspecified atom stereocenters. The first kappa shape index (κ1) is 17.5. The van der Waals surface area contributed by atoms with Crippen molar-refractivity contribution in [2.24, 2.45) is 0 Å². The van der Waals surface area contributed by atoms with E-state index in [0.29, 0.717) is 13.1 Å². The van der Waals surface area contributed by atoms with Crippen molar-refractivity contribution in [3.05, 3.63) is 48.4 Å². The second-order valence-electron chi connectivity index (χ2n) is 6.73. The fourth-order valence-corrected chi connectivity index (χ4v) is 3.74. The molecule has 140 valence electrons. The van der Waals surface area contributed by atoms with Crippen LogP contribution in [0.2, 0.25) is 0 Å². The van der Waals surface area contributed by atoms with Gasteiger partial charge in [-0.1, -0.05) is 12.1 Å². The Balaban J connectivity index is 1.69. The molecule has 1 fully saturated rings. The number of fused-ring (bicyclic) bond motifs is 1. The van der Waals surface area contributed by atoms with Gasteiger partial charge in [0, 0.05) is 30.8 Å². The number of aliphatic hydroxyl groups excluding tert-OH is 1. The molecule has 1 aliphatic heterocycles. The Bertz CT molecular complexity index is 952. The smallest absolute Gasteiger partial charge is 0.248 e. The molecule has 1 aliphatic rings. The monoisotopic (exact) mass is 366 g/mol. The Hall–Kier alpha value is -2.93. The first-order chi connectivity index (χ1) is 13.2. The summed E-state index contributed by atoms with van der Waals surface area (Å²) >= 11 is 0. The summed E-state index contributed by atoms with van der Waals surface area (Å²) in [5.74, 6) is 0.757. The van der Waals surface area contributed by atoms with Gasteiger partial charge in [0.05, 0.1) is 19.0 Å². The van der Waals surface area contributed by atoms with E-state index in [-0.39, 0.29) is 11.8 Å². The van der Waals surface area contributed by atoms with Gasteiger partial charge in [-0.2, -0.15) is 5.10 Å². The normalized spacial score (nSPS) is 17.3. The SMILES string of the molecule is COc1ccc(-c2cnn3c(C4CCCN(C(=O)CO)C4)ccnc23)cc1. The van der Waals surface area contributed by atoms with E-state index in [1.807, 2.05) is 41.0 Å². The van der Waals surface area contributed by atoms with Crippen LogP contribution in [0.15, 0.2) is 42.7 Å². The highest BCUT2D eigenvalue weighted by atomic mass is 16.5. The molecule has 4 rings (SSSR count). The molecule has 0 radical (unpaired) electrons. The number of carbonyl (C=O) groups excluding carboxylic acids is 1. The lowest BCUT2D eigenvalue weighted by Gasteiger charge is -2.32. The number of hydrogen-bond donors (Lipinski definition) is 1. The van der Waals surface area contributed by atoms with E-state index in [4.69, 9.17) is 9.84 Å². The summed E-state index contributed by atoms with van der Waals surface area (Å²) in [6.45, 7) is 0.846. The average molecular weight is 366 g/mol. The third-order valence-electron chi connectivity index (χ3n) is 5.16. The summed E-state index contributed by atoms with van der Waals surface area (Å²) in [6.07, 6.45) is 5.51. The second kappa shape index (κ2) is 7.36. The number of aliphatic hydroxyl groups is 1. The van der Waals surface area contributed by atoms with E-state index in [9.17, 15) is 4.79 Å². The minimum absolute atomic E-state index is 0.170. The molecule has 7 nitrogen and oxygen atoms in total. The third kappa shape index (κ3) is 3.26. The lowest BCUT2D eigenvalue weighted by Crippen LogP contribution is -2.40. The molecule has 1 saturated heterocycles. The number of ether oxygens (including phenoxy) is 1. The maximum atomic E-state index is 11.9. The zero-order chi connectivity index (χ0) is 18.8. The van der Waals surface area contributed by atoms with Gasteiger partial charge >= 0.3 is 0 Å². The number of aromatic nitrogens is 3. The largest absolute Gasteiger partial charge is 0.497 e. The van der Waals surface area contributed by atoms with E-state index < -0.39 is 6.61 Å². The number of benzene rings is 1. The van der Waals surface area contributed by atoms with E-state index in [2.05, 4.69) is 10.1 Å². The maximum absolute atomic E-state index is 11.9. The van der Waals surface area contributed by atoms with Crippen LogP contribution in [0.5, 0.6) is 5.75 Å². The van der Waals surface area contributed by atoms with Crippen LogP contribution in [0.4, 0.5) is 0 Å². The standard InChI is InChI=1S/C20H22N4O3/c1-27-16-6-4-14(5-7-16)17-11-22-24-18(8-9-21-20(17)24)15-3-2-10-23(12-15)19(26)13-25/h4-9,11,15,25H,2-3,10,12-13H2,1H3. The lowest BCUT2D eigenvalue weighted by atomic mass is 9.94. The van der Waals surface area contributed by atoms with Gasteiger partial charge in [-0.3, -0.25) is 4.79 Å². The van der Waals surface area contributed by atoms with Crippen LogP contribution in [0, 0.1) is 0 Å². The molecular formula is C20H22N4O3. The molecule has 1 aromatic carbocycles. The Kier molecular flexibility index (Phi) is 4.77. The number of likely N-dealkylation sites (tertiary alicyclic amines) is 1. The second-order valence-corrected chi connectivity index (χ2v) is 6.73. The molecule has 1 N–H and O–H groups in total. The summed E-state index contributed by atoms with van der Waals surface area (Å²) in [4.78, 5) is 18.1. The van der Waals surface area contributed by atoms with Crippen LogP contribution < -0.4 is 4.74 Å². The Morgan fingerprint density at radius 3 is 2.85 bits per heavy atom. The number of methoxy groups -OCH3 is 1. The van der Waals surface area contributed by atoms with Gasteiger partial charge in [0.15, 0.2) is 5.65 Å². The summed E-state index contributed by atoms with van der Waals surface area (Å²) in [7, 11) is 1.65. The highest BCUT2D eigenvalue weighted by Crippen LogP contribution is 2.30. The summed E-state index contributed by atoms with van der Waals surface area (Å²) in [5.41, 5.74) is 3.81. The molecule has 0 spiro atoms. The van der Waals surface area contributed by atoms with Gasteiger partial charge in [0.25, 0.3) is 0 Å². The number of nitrogens with zero attached hydrogens (tertiary/aromatic N) is 4. The van der Waals surface area contributed by atoms with Crippen LogP contribution in [-0.2, 0) is 4.79 Å². The number of hydrogen-bond acceptors (Lipinski definition) is 5. The number of amides is 1. The Labute approximate surface area is 157 Å². The van der Waals surface area contributed by atoms with Crippen LogP contribution in [0.3, 0.4) is 0 Å². The average Bonchev–Trinajstić information content (AvgIpc) is 3.17. The first-order valence-electron chi connectivity index (χ1n) is 9.07. The van der Waals surface area contributed by atoms with Crippen molar-refractivity contribution in [3.8, 4) is 16.9 Å². The van der Waals surface area contributed by atoms with Gasteiger partial charge in [-0.15, -0.1) is 0 Å². The molecule has 0 bridgehead atoms. The Morgan fingerprint density at radius 1 is 1.30 bits per heavy atom. The van der Waals surface area contributed by atoms with E-state index in [0.717, 1.165) is 41.1 Å². The molecule has 3 aromatic rings. The number of piperidine rings is 1. The van der Waals surface area contributed by atoms with Crippen molar-refractivity contribution >= 4 is 11.6 Å². The quantitative estimate of drug-likeness (QED) is 0.765. The van der Waals surface area contributed by atoms with Crippen molar-refractivity contribution in [2.45, 2.75) is 18.8 Å². The molecule has 1 amide bonds. The van der Waals surface area contributed by atoms with Crippen LogP contribution >= 0.6 is 0 Å². The van der Waals surface area contributed by atoms with Crippen LogP contribution in [-0.4, -0.2) is 57.3 Å². The number of rotatable bonds is 4. The molecule has 2 aromatic heterocycles. The van der Waals surface area contributed by atoms with Crippen molar-refractivity contribution in [3.63, 3.8) is 0 Å². The fraction of sp³-hybridized carbons (Fsp3) is 0.350. The van der Waals surface area contributed by atoms with E-state index >= 15 is 0 Å². The van der Waals surface area contributed by atoms with Crippen molar-refractivity contribution < 1.29 is 14.6 Å². The molecule has 0 saturated carbocycles. The van der Waals surface area contributed by atoms with Crippen LogP contribution in [0.1, 0.15) is 24.5 Å². The zero-order valence-electron chi connectivity index (χ0n) is 15.2. The van der Waals surface area contributed by atoms with Gasteiger partial charge in [-0.05, 0) is 36.6 Å².